The van der Waals surface area contributed by atoms with Gasteiger partial charge in [0.15, 0.2) is 5.82 Å². The zero-order valence-electron chi connectivity index (χ0n) is 23.6. The molecule has 12 heteroatoms. The Morgan fingerprint density at radius 2 is 1.82 bits per heavy atom. The predicted octanol–water partition coefficient (Wildman–Crippen LogP) is 5.42. The van der Waals surface area contributed by atoms with Crippen molar-refractivity contribution in [3.8, 4) is 5.19 Å². The van der Waals surface area contributed by atoms with Crippen molar-refractivity contribution in [2.24, 2.45) is 7.05 Å². The average Bonchev–Trinajstić information content (AvgIpc) is 3.47. The minimum atomic E-state index is -0.581. The largest absolute Gasteiger partial charge is 0.473 e. The number of aryl methyl sites for hydroxylation is 1. The number of rotatable bonds is 4. The number of ether oxygens (including phenoxy) is 2. The highest BCUT2D eigenvalue weighted by atomic mass is 32.1. The number of thiazole rings is 1. The van der Waals surface area contributed by atoms with E-state index in [2.05, 4.69) is 20.3 Å². The van der Waals surface area contributed by atoms with E-state index in [9.17, 15) is 9.59 Å². The Morgan fingerprint density at radius 3 is 2.48 bits per heavy atom. The van der Waals surface area contributed by atoms with Crippen LogP contribution >= 0.6 is 11.3 Å². The first kappa shape index (κ1) is 27.6. The molecule has 3 heterocycles. The summed E-state index contributed by atoms with van der Waals surface area (Å²) in [6, 6.07) is 6.51. The van der Waals surface area contributed by atoms with Gasteiger partial charge < -0.3 is 19.7 Å². The van der Waals surface area contributed by atoms with Crippen molar-refractivity contribution in [1.82, 2.24) is 19.7 Å². The van der Waals surface area contributed by atoms with Gasteiger partial charge in [0.1, 0.15) is 11.1 Å². The molecule has 1 aliphatic rings. The Labute approximate surface area is 235 Å². The van der Waals surface area contributed by atoms with Crippen LogP contribution in [0.1, 0.15) is 45.0 Å². The van der Waals surface area contributed by atoms with E-state index in [0.717, 1.165) is 10.4 Å². The molecular weight excluding hydrogens is 535 g/mol. The first-order chi connectivity index (χ1) is 18.9. The summed E-state index contributed by atoms with van der Waals surface area (Å²) in [4.78, 5) is 34.8. The van der Waals surface area contributed by atoms with Crippen molar-refractivity contribution in [2.45, 2.75) is 52.3 Å². The maximum Gasteiger partial charge on any atom is 0.410 e. The Hall–Kier alpha value is -3.93. The topological polar surface area (TPSA) is 102 Å². The van der Waals surface area contributed by atoms with Crippen LogP contribution in [-0.4, -0.2) is 69.5 Å². The van der Waals surface area contributed by atoms with Gasteiger partial charge in [0.25, 0.3) is 11.1 Å². The molecule has 2 aromatic carbocycles. The molecule has 0 bridgehead atoms. The van der Waals surface area contributed by atoms with E-state index < -0.39 is 17.3 Å². The van der Waals surface area contributed by atoms with E-state index >= 15 is 4.39 Å². The Morgan fingerprint density at radius 1 is 1.12 bits per heavy atom. The molecule has 40 heavy (non-hydrogen) atoms. The normalized spacial score (nSPS) is 17.9. The Bertz CT molecular complexity index is 1600. The van der Waals surface area contributed by atoms with E-state index in [1.54, 1.807) is 30.3 Å². The van der Waals surface area contributed by atoms with Gasteiger partial charge in [-0.3, -0.25) is 14.4 Å². The molecule has 0 aliphatic carbocycles. The molecule has 2 aromatic heterocycles. The van der Waals surface area contributed by atoms with Crippen molar-refractivity contribution in [3.05, 3.63) is 41.8 Å². The summed E-state index contributed by atoms with van der Waals surface area (Å²) < 4.78 is 28.5. The van der Waals surface area contributed by atoms with Crippen LogP contribution < -0.4 is 15.0 Å². The summed E-state index contributed by atoms with van der Waals surface area (Å²) in [5, 5.41) is 7.64. The minimum absolute atomic E-state index is 0.0610. The van der Waals surface area contributed by atoms with Crippen LogP contribution in [0.15, 0.2) is 30.5 Å². The van der Waals surface area contributed by atoms with Crippen LogP contribution in [-0.2, 0) is 11.8 Å². The standard InChI is InChI=1S/C28H33FN6O4S/c1-15-12-34(13-16(2)35(15)27(37)39-28(3,4)5)21-11-8-17(23-24(21)40-26(31-23)38-7)25(36)30-20-10-9-19-18(22(20)29)14-33(6)32-19/h8-11,14-16H,12-13H2,1-7H3,(H,30,36)/t15-,16-/m0/s1. The number of carbonyl (C=O) groups is 2. The predicted molar refractivity (Wildman–Crippen MR) is 154 cm³/mol. The smallest absolute Gasteiger partial charge is 0.410 e. The lowest BCUT2D eigenvalue weighted by Gasteiger charge is -2.45. The molecule has 4 aromatic rings. The molecule has 1 N–H and O–H groups in total. The highest BCUT2D eigenvalue weighted by Crippen LogP contribution is 2.39. The van der Waals surface area contributed by atoms with Crippen LogP contribution in [0.25, 0.3) is 21.1 Å². The fourth-order valence-corrected chi connectivity index (χ4v) is 6.10. The number of nitrogens with one attached hydrogen (secondary N) is 1. The molecule has 2 atom stereocenters. The summed E-state index contributed by atoms with van der Waals surface area (Å²) in [5.41, 5.74) is 1.64. The molecule has 0 spiro atoms. The number of methoxy groups -OCH3 is 1. The summed E-state index contributed by atoms with van der Waals surface area (Å²) in [6.07, 6.45) is 1.24. The molecule has 10 nitrogen and oxygen atoms in total. The number of nitrogens with zero attached hydrogens (tertiary/aromatic N) is 5. The molecule has 1 fully saturated rings. The van der Waals surface area contributed by atoms with Gasteiger partial charge in [-0.1, -0.05) is 11.3 Å². The molecule has 5 rings (SSSR count). The van der Waals surface area contributed by atoms with Gasteiger partial charge in [-0.15, -0.1) is 0 Å². The van der Waals surface area contributed by atoms with Crippen molar-refractivity contribution in [2.75, 3.05) is 30.4 Å². The second kappa shape index (κ2) is 10.2. The van der Waals surface area contributed by atoms with Gasteiger partial charge in [-0.25, -0.2) is 14.2 Å². The van der Waals surface area contributed by atoms with Gasteiger partial charge >= 0.3 is 6.09 Å². The Kier molecular flexibility index (Phi) is 7.07. The van der Waals surface area contributed by atoms with E-state index in [0.29, 0.717) is 40.3 Å². The number of benzene rings is 2. The van der Waals surface area contributed by atoms with E-state index in [-0.39, 0.29) is 23.9 Å². The number of hydrogen-bond acceptors (Lipinski definition) is 8. The van der Waals surface area contributed by atoms with Gasteiger partial charge in [-0.2, -0.15) is 5.10 Å². The molecule has 0 unspecified atom stereocenters. The van der Waals surface area contributed by atoms with Gasteiger partial charge in [0.05, 0.1) is 51.7 Å². The van der Waals surface area contributed by atoms with Gasteiger partial charge in [0.2, 0.25) is 0 Å². The van der Waals surface area contributed by atoms with Crippen molar-refractivity contribution in [3.63, 3.8) is 0 Å². The fraction of sp³-hybridized carbons (Fsp3) is 0.429. The highest BCUT2D eigenvalue weighted by molar-refractivity contribution is 7.21. The zero-order valence-corrected chi connectivity index (χ0v) is 24.4. The monoisotopic (exact) mass is 568 g/mol. The summed E-state index contributed by atoms with van der Waals surface area (Å²) >= 11 is 1.34. The van der Waals surface area contributed by atoms with Crippen LogP contribution in [0, 0.1) is 5.82 Å². The third kappa shape index (κ3) is 5.15. The molecule has 0 saturated carbocycles. The van der Waals surface area contributed by atoms with E-state index in [4.69, 9.17) is 9.47 Å². The molecule has 1 aliphatic heterocycles. The lowest BCUT2D eigenvalue weighted by atomic mass is 10.1. The van der Waals surface area contributed by atoms with Crippen LogP contribution in [0.2, 0.25) is 0 Å². The Balaban J connectivity index is 1.44. The maximum atomic E-state index is 15.1. The number of halogens is 1. The lowest BCUT2D eigenvalue weighted by molar-refractivity contribution is 0.00567. The van der Waals surface area contributed by atoms with Crippen molar-refractivity contribution >= 4 is 55.8 Å². The number of piperazine rings is 1. The van der Waals surface area contributed by atoms with Crippen LogP contribution in [0.5, 0.6) is 5.19 Å². The maximum absolute atomic E-state index is 15.1. The first-order valence-corrected chi connectivity index (χ1v) is 13.8. The highest BCUT2D eigenvalue weighted by Gasteiger charge is 2.36. The number of aromatic nitrogens is 3. The van der Waals surface area contributed by atoms with Gasteiger partial charge in [0, 0.05) is 26.3 Å². The summed E-state index contributed by atoms with van der Waals surface area (Å²) in [5.74, 6) is -1.03. The number of hydrogen-bond donors (Lipinski definition) is 1. The molecule has 1 saturated heterocycles. The summed E-state index contributed by atoms with van der Waals surface area (Å²) in [7, 11) is 3.24. The number of anilines is 2. The van der Waals surface area contributed by atoms with Crippen LogP contribution in [0.3, 0.4) is 0 Å². The molecular formula is C28H33FN6O4S. The van der Waals surface area contributed by atoms with E-state index in [1.165, 1.54) is 29.2 Å². The van der Waals surface area contributed by atoms with Crippen molar-refractivity contribution < 1.29 is 23.5 Å². The van der Waals surface area contributed by atoms with Crippen LogP contribution in [0.4, 0.5) is 20.6 Å². The van der Waals surface area contributed by atoms with Gasteiger partial charge in [-0.05, 0) is 58.9 Å². The molecule has 2 amide bonds. The lowest BCUT2D eigenvalue weighted by Crippen LogP contribution is -2.59. The second-order valence-corrected chi connectivity index (χ2v) is 12.1. The summed E-state index contributed by atoms with van der Waals surface area (Å²) in [6.45, 7) is 10.7. The second-order valence-electron chi connectivity index (χ2n) is 11.1. The zero-order chi connectivity index (χ0) is 28.9. The third-order valence-corrected chi connectivity index (χ3v) is 7.81. The fourth-order valence-electron chi connectivity index (χ4n) is 5.15. The number of amides is 2. The first-order valence-electron chi connectivity index (χ1n) is 13.0. The SMILES string of the molecule is COc1nc2c(C(=O)Nc3ccc4nn(C)cc4c3F)ccc(N3C[C@H](C)N(C(=O)OC(C)(C)C)[C@@H](C)C3)c2s1. The van der Waals surface area contributed by atoms with E-state index in [1.807, 2.05) is 40.7 Å². The minimum Gasteiger partial charge on any atom is -0.473 e. The molecule has 0 radical (unpaired) electrons. The average molecular weight is 569 g/mol. The quantitative estimate of drug-likeness (QED) is 0.351. The molecule has 212 valence electrons. The third-order valence-electron chi connectivity index (χ3n) is 6.77. The number of fused-ring (bicyclic) bond motifs is 2. The number of carbonyl (C=O) groups excluding carboxylic acids is 2. The van der Waals surface area contributed by atoms with Crippen molar-refractivity contribution in [1.29, 1.82) is 0 Å².